The number of para-hydroxylation sites is 1. The Morgan fingerprint density at radius 3 is 2.10 bits per heavy atom. The Morgan fingerprint density at radius 1 is 0.976 bits per heavy atom. The van der Waals surface area contributed by atoms with Crippen molar-refractivity contribution in [2.75, 3.05) is 27.7 Å². The van der Waals surface area contributed by atoms with Gasteiger partial charge in [0.2, 0.25) is 10.0 Å². The fourth-order valence-electron chi connectivity index (χ4n) is 3.26. The van der Waals surface area contributed by atoms with Gasteiger partial charge in [0.1, 0.15) is 11.3 Å². The minimum atomic E-state index is -3.23. The Morgan fingerprint density at radius 2 is 1.59 bits per heavy atom. The molecule has 3 rings (SSSR count). The molecule has 3 aromatic rings. The van der Waals surface area contributed by atoms with Crippen LogP contribution in [-0.4, -0.2) is 85.2 Å². The molecule has 0 atom stereocenters. The molecule has 0 spiro atoms. The summed E-state index contributed by atoms with van der Waals surface area (Å²) >= 11 is 0. The van der Waals surface area contributed by atoms with Crippen LogP contribution in [0.25, 0.3) is 10.9 Å². The van der Waals surface area contributed by atoms with Crippen molar-refractivity contribution in [3.63, 3.8) is 0 Å². The number of carbonyl (C=O) groups is 4. The van der Waals surface area contributed by atoms with Crippen LogP contribution < -0.4 is 9.46 Å². The van der Waals surface area contributed by atoms with Crippen LogP contribution in [0.15, 0.2) is 48.7 Å². The van der Waals surface area contributed by atoms with Gasteiger partial charge in [-0.3, -0.25) is 14.4 Å². The summed E-state index contributed by atoms with van der Waals surface area (Å²) in [6.07, 6.45) is 2.35. The molecule has 0 fully saturated rings. The highest BCUT2D eigenvalue weighted by atomic mass is 32.2. The van der Waals surface area contributed by atoms with Gasteiger partial charge in [0.25, 0.3) is 0 Å². The largest absolute Gasteiger partial charge is 0.481 e. The number of aromatic carboxylic acids is 1. The third-order valence-electron chi connectivity index (χ3n) is 5.25. The summed E-state index contributed by atoms with van der Waals surface area (Å²) < 4.78 is 30.3. The number of carboxylic acid groups (broad SMARTS) is 3. The van der Waals surface area contributed by atoms with E-state index in [9.17, 15) is 27.6 Å². The summed E-state index contributed by atoms with van der Waals surface area (Å²) in [7, 11) is 2.29. The monoisotopic (exact) mass is 593 g/mol. The van der Waals surface area contributed by atoms with E-state index in [1.54, 1.807) is 12.1 Å². The maximum atomic E-state index is 11.6. The highest BCUT2D eigenvalue weighted by Gasteiger charge is 2.12. The van der Waals surface area contributed by atoms with Crippen LogP contribution in [0.3, 0.4) is 0 Å². The van der Waals surface area contributed by atoms with E-state index in [0.29, 0.717) is 0 Å². The SMILES string of the molecule is CC(=O)Oc1ccccc1C(=O)O.CNS(=O)(=O)Cc1ccc2[nH]cc(CCN(C)C)c2c1.O=C(O)CCC(=O)O. The number of hydrogen-bond acceptors (Lipinski definition) is 8. The average molecular weight is 594 g/mol. The molecule has 0 saturated carbocycles. The van der Waals surface area contributed by atoms with Crippen LogP contribution in [0.1, 0.15) is 41.3 Å². The van der Waals surface area contributed by atoms with E-state index in [-0.39, 0.29) is 29.9 Å². The van der Waals surface area contributed by atoms with Crippen molar-refractivity contribution in [1.82, 2.24) is 14.6 Å². The van der Waals surface area contributed by atoms with Crippen LogP contribution in [0.5, 0.6) is 5.75 Å². The standard InChI is InChI=1S/C14H21N3O2S.C9H8O4.C4H6O4/c1-15-20(18,19)10-11-4-5-14-13(8-11)12(9-16-14)6-7-17(2)3;1-6(10)13-8-5-3-2-4-7(8)9(11)12;5-3(6)1-2-4(7)8/h4-5,8-9,15-16H,6-7,10H2,1-3H3;2-5H,1H3,(H,11,12);1-2H2,(H,5,6)(H,7,8). The van der Waals surface area contributed by atoms with E-state index < -0.39 is 33.9 Å². The van der Waals surface area contributed by atoms with E-state index in [1.807, 2.05) is 38.5 Å². The number of H-pyrrole nitrogens is 1. The third-order valence-corrected chi connectivity index (χ3v) is 6.59. The fraction of sp³-hybridized carbons (Fsp3) is 0.333. The number of benzene rings is 2. The molecule has 0 bridgehead atoms. The summed E-state index contributed by atoms with van der Waals surface area (Å²) in [6.45, 7) is 2.19. The number of nitrogens with zero attached hydrogens (tertiary/aromatic N) is 1. The van der Waals surface area contributed by atoms with Crippen LogP contribution in [0.2, 0.25) is 0 Å². The van der Waals surface area contributed by atoms with Crippen molar-refractivity contribution >= 4 is 44.8 Å². The van der Waals surface area contributed by atoms with Gasteiger partial charge in [-0.15, -0.1) is 0 Å². The van der Waals surface area contributed by atoms with E-state index in [4.69, 9.17) is 15.3 Å². The zero-order valence-electron chi connectivity index (χ0n) is 23.2. The zero-order valence-corrected chi connectivity index (χ0v) is 24.0. The van der Waals surface area contributed by atoms with Crippen molar-refractivity contribution in [2.24, 2.45) is 0 Å². The molecule has 2 aromatic carbocycles. The molecular weight excluding hydrogens is 558 g/mol. The van der Waals surface area contributed by atoms with Gasteiger partial charge in [-0.05, 0) is 63.0 Å². The number of nitrogens with one attached hydrogen (secondary N) is 2. The lowest BCUT2D eigenvalue weighted by Crippen LogP contribution is -2.20. The first-order valence-electron chi connectivity index (χ1n) is 12.2. The minimum absolute atomic E-state index is 0.0116. The lowest BCUT2D eigenvalue weighted by molar-refractivity contribution is -0.143. The molecule has 1 aromatic heterocycles. The molecule has 1 heterocycles. The summed E-state index contributed by atoms with van der Waals surface area (Å²) in [4.78, 5) is 45.8. The smallest absolute Gasteiger partial charge is 0.339 e. The highest BCUT2D eigenvalue weighted by Crippen LogP contribution is 2.21. The van der Waals surface area contributed by atoms with Gasteiger partial charge in [0.05, 0.1) is 18.6 Å². The molecule has 0 radical (unpaired) electrons. The fourth-order valence-corrected chi connectivity index (χ4v) is 4.02. The van der Waals surface area contributed by atoms with Gasteiger partial charge >= 0.3 is 23.9 Å². The molecule has 0 saturated heterocycles. The molecule has 0 amide bonds. The lowest BCUT2D eigenvalue weighted by atomic mass is 10.1. The molecule has 5 N–H and O–H groups in total. The summed E-state index contributed by atoms with van der Waals surface area (Å²) in [5, 5.41) is 25.6. The molecule has 13 nitrogen and oxygen atoms in total. The van der Waals surface area contributed by atoms with E-state index >= 15 is 0 Å². The normalized spacial score (nSPS) is 10.7. The number of fused-ring (bicyclic) bond motifs is 1. The molecular formula is C27H35N3O10S. The molecule has 0 aliphatic carbocycles. The van der Waals surface area contributed by atoms with Gasteiger partial charge in [-0.1, -0.05) is 18.2 Å². The molecule has 0 aliphatic rings. The predicted octanol–water partition coefficient (Wildman–Crippen LogP) is 2.57. The van der Waals surface area contributed by atoms with E-state index in [0.717, 1.165) is 29.4 Å². The molecule has 224 valence electrons. The Balaban J connectivity index is 0.000000344. The number of carbonyl (C=O) groups excluding carboxylic acids is 1. The Bertz CT molecular complexity index is 1430. The number of sulfonamides is 1. The second kappa shape index (κ2) is 16.7. The van der Waals surface area contributed by atoms with Crippen molar-refractivity contribution in [1.29, 1.82) is 0 Å². The van der Waals surface area contributed by atoms with Gasteiger partial charge in [0.15, 0.2) is 0 Å². The number of carboxylic acids is 3. The van der Waals surface area contributed by atoms with Gasteiger partial charge in [0, 0.05) is 30.6 Å². The average Bonchev–Trinajstić information content (AvgIpc) is 3.29. The second-order valence-electron chi connectivity index (χ2n) is 8.89. The third kappa shape index (κ3) is 13.6. The van der Waals surface area contributed by atoms with Crippen LogP contribution >= 0.6 is 0 Å². The van der Waals surface area contributed by atoms with Crippen molar-refractivity contribution in [3.8, 4) is 5.75 Å². The second-order valence-corrected chi connectivity index (χ2v) is 10.8. The van der Waals surface area contributed by atoms with Crippen LogP contribution in [0, 0.1) is 0 Å². The first-order valence-corrected chi connectivity index (χ1v) is 13.9. The number of aromatic nitrogens is 1. The van der Waals surface area contributed by atoms with Crippen molar-refractivity contribution in [2.45, 2.75) is 31.9 Å². The number of hydrogen-bond donors (Lipinski definition) is 5. The summed E-state index contributed by atoms with van der Waals surface area (Å²) in [6, 6.07) is 11.7. The Kier molecular flexibility index (Phi) is 14.2. The molecule has 0 unspecified atom stereocenters. The molecule has 14 heteroatoms. The number of rotatable bonds is 11. The number of ether oxygens (including phenoxy) is 1. The number of esters is 1. The number of aliphatic carboxylic acids is 2. The topological polar surface area (TPSA) is 203 Å². The van der Waals surface area contributed by atoms with Crippen molar-refractivity contribution < 1.29 is 47.7 Å². The maximum Gasteiger partial charge on any atom is 0.339 e. The minimum Gasteiger partial charge on any atom is -0.481 e. The van der Waals surface area contributed by atoms with Gasteiger partial charge in [-0.2, -0.15) is 0 Å². The quantitative estimate of drug-likeness (QED) is 0.161. The summed E-state index contributed by atoms with van der Waals surface area (Å²) in [5.41, 5.74) is 3.05. The molecule has 41 heavy (non-hydrogen) atoms. The first kappa shape index (κ1) is 34.8. The van der Waals surface area contributed by atoms with Gasteiger partial charge < -0.3 is 29.9 Å². The highest BCUT2D eigenvalue weighted by molar-refractivity contribution is 7.88. The summed E-state index contributed by atoms with van der Waals surface area (Å²) in [5.74, 6) is -3.72. The Hall–Kier alpha value is -4.27. The van der Waals surface area contributed by atoms with E-state index in [1.165, 1.54) is 31.7 Å². The van der Waals surface area contributed by atoms with E-state index in [2.05, 4.69) is 19.3 Å². The maximum absolute atomic E-state index is 11.6. The van der Waals surface area contributed by atoms with Gasteiger partial charge in [-0.25, -0.2) is 17.9 Å². The lowest BCUT2D eigenvalue weighted by Gasteiger charge is -2.08. The number of aromatic amines is 1. The zero-order chi connectivity index (χ0) is 31.2. The Labute approximate surface area is 237 Å². The van der Waals surface area contributed by atoms with Crippen LogP contribution in [-0.2, 0) is 36.6 Å². The van der Waals surface area contributed by atoms with Crippen LogP contribution in [0.4, 0.5) is 0 Å². The van der Waals surface area contributed by atoms with Crippen molar-refractivity contribution in [3.05, 3.63) is 65.4 Å². The predicted molar refractivity (Wildman–Crippen MR) is 151 cm³/mol. The first-order chi connectivity index (χ1) is 19.1. The number of likely N-dealkylation sites (N-methyl/N-ethyl adjacent to an activating group) is 1. The molecule has 0 aliphatic heterocycles.